The largest absolute Gasteiger partial charge is 0.383 e. The van der Waals surface area contributed by atoms with Gasteiger partial charge in [-0.25, -0.2) is 0 Å². The molecule has 0 amide bonds. The van der Waals surface area contributed by atoms with Crippen LogP contribution in [0.2, 0.25) is 0 Å². The fourth-order valence-corrected chi connectivity index (χ4v) is 1.91. The van der Waals surface area contributed by atoms with Crippen molar-refractivity contribution in [3.63, 3.8) is 0 Å². The van der Waals surface area contributed by atoms with Gasteiger partial charge in [-0.15, -0.1) is 6.58 Å². The van der Waals surface area contributed by atoms with Crippen molar-refractivity contribution in [3.05, 3.63) is 12.7 Å². The van der Waals surface area contributed by atoms with Crippen LogP contribution in [0.4, 0.5) is 0 Å². The molecule has 0 bridgehead atoms. The third-order valence-electron chi connectivity index (χ3n) is 3.02. The lowest BCUT2D eigenvalue weighted by molar-refractivity contribution is 0.129. The van der Waals surface area contributed by atoms with E-state index >= 15 is 0 Å². The van der Waals surface area contributed by atoms with Crippen LogP contribution in [-0.4, -0.2) is 49.8 Å². The number of ether oxygens (including phenoxy) is 1. The van der Waals surface area contributed by atoms with E-state index in [0.29, 0.717) is 6.04 Å². The van der Waals surface area contributed by atoms with Crippen LogP contribution < -0.4 is 5.32 Å². The van der Waals surface area contributed by atoms with Crippen molar-refractivity contribution in [2.75, 3.05) is 33.4 Å². The molecular weight excluding hydrogens is 224 g/mol. The SMILES string of the molecule is C=CCN(CCOC)C(C)CCCNC(C)(C)C. The quantitative estimate of drug-likeness (QED) is 0.480. The Kier molecular flexibility index (Phi) is 9.34. The summed E-state index contributed by atoms with van der Waals surface area (Å²) in [7, 11) is 1.75. The molecule has 0 aromatic rings. The van der Waals surface area contributed by atoms with Gasteiger partial charge in [-0.1, -0.05) is 6.08 Å². The highest BCUT2D eigenvalue weighted by Gasteiger charge is 2.13. The second-order valence-electron chi connectivity index (χ2n) is 5.94. The van der Waals surface area contributed by atoms with Gasteiger partial charge in [-0.3, -0.25) is 4.90 Å². The molecule has 0 rings (SSSR count). The summed E-state index contributed by atoms with van der Waals surface area (Å²) in [6.45, 7) is 16.5. The molecule has 0 radical (unpaired) electrons. The minimum Gasteiger partial charge on any atom is -0.383 e. The first-order valence-corrected chi connectivity index (χ1v) is 6.99. The van der Waals surface area contributed by atoms with E-state index in [0.717, 1.165) is 26.2 Å². The highest BCUT2D eigenvalue weighted by atomic mass is 16.5. The van der Waals surface area contributed by atoms with Crippen LogP contribution in [0.15, 0.2) is 12.7 Å². The minimum atomic E-state index is 0.222. The maximum Gasteiger partial charge on any atom is 0.0589 e. The van der Waals surface area contributed by atoms with Crippen molar-refractivity contribution in [2.24, 2.45) is 0 Å². The van der Waals surface area contributed by atoms with E-state index < -0.39 is 0 Å². The normalized spacial score (nSPS) is 13.9. The van der Waals surface area contributed by atoms with Crippen LogP contribution in [-0.2, 0) is 4.74 Å². The first-order valence-electron chi connectivity index (χ1n) is 6.99. The van der Waals surface area contributed by atoms with E-state index in [4.69, 9.17) is 4.74 Å². The Morgan fingerprint density at radius 2 is 2.06 bits per heavy atom. The fourth-order valence-electron chi connectivity index (χ4n) is 1.91. The summed E-state index contributed by atoms with van der Waals surface area (Å²) in [4.78, 5) is 2.42. The van der Waals surface area contributed by atoms with E-state index in [-0.39, 0.29) is 5.54 Å². The van der Waals surface area contributed by atoms with E-state index in [9.17, 15) is 0 Å². The standard InChI is InChI=1S/C15H32N2O/c1-7-11-17(12-13-18-6)14(2)9-8-10-16-15(3,4)5/h7,14,16H,1,8-13H2,2-6H3. The summed E-state index contributed by atoms with van der Waals surface area (Å²) in [5.74, 6) is 0. The van der Waals surface area contributed by atoms with Crippen molar-refractivity contribution in [3.8, 4) is 0 Å². The zero-order chi connectivity index (χ0) is 14.0. The zero-order valence-corrected chi connectivity index (χ0v) is 13.0. The van der Waals surface area contributed by atoms with E-state index in [1.165, 1.54) is 12.8 Å². The molecule has 0 saturated heterocycles. The molecule has 0 spiro atoms. The van der Waals surface area contributed by atoms with Crippen LogP contribution in [0, 0.1) is 0 Å². The minimum absolute atomic E-state index is 0.222. The molecule has 0 aliphatic carbocycles. The second kappa shape index (κ2) is 9.54. The summed E-state index contributed by atoms with van der Waals surface area (Å²) in [5, 5.41) is 3.53. The average Bonchev–Trinajstić information content (AvgIpc) is 2.28. The van der Waals surface area contributed by atoms with Crippen LogP contribution in [0.25, 0.3) is 0 Å². The monoisotopic (exact) mass is 256 g/mol. The lowest BCUT2D eigenvalue weighted by Gasteiger charge is -2.28. The summed E-state index contributed by atoms with van der Waals surface area (Å²) in [6, 6.07) is 0.583. The van der Waals surface area contributed by atoms with Gasteiger partial charge in [-0.05, 0) is 47.1 Å². The predicted octanol–water partition coefficient (Wildman–Crippen LogP) is 2.68. The average molecular weight is 256 g/mol. The Balaban J connectivity index is 3.87. The molecule has 18 heavy (non-hydrogen) atoms. The molecule has 108 valence electrons. The number of hydrogen-bond donors (Lipinski definition) is 1. The molecule has 0 fully saturated rings. The van der Waals surface area contributed by atoms with Gasteiger partial charge in [0.05, 0.1) is 6.61 Å². The Labute approximate surface area is 114 Å². The van der Waals surface area contributed by atoms with Crippen molar-refractivity contribution in [1.82, 2.24) is 10.2 Å². The Hall–Kier alpha value is -0.380. The summed E-state index contributed by atoms with van der Waals surface area (Å²) in [5.41, 5.74) is 0.222. The van der Waals surface area contributed by atoms with Gasteiger partial charge in [0.2, 0.25) is 0 Å². The number of nitrogens with one attached hydrogen (secondary N) is 1. The van der Waals surface area contributed by atoms with Crippen molar-refractivity contribution >= 4 is 0 Å². The van der Waals surface area contributed by atoms with Crippen LogP contribution in [0.3, 0.4) is 0 Å². The van der Waals surface area contributed by atoms with Gasteiger partial charge in [0.25, 0.3) is 0 Å². The smallest absolute Gasteiger partial charge is 0.0589 e. The van der Waals surface area contributed by atoms with E-state index in [1.54, 1.807) is 7.11 Å². The van der Waals surface area contributed by atoms with Gasteiger partial charge in [-0.2, -0.15) is 0 Å². The molecule has 0 aliphatic rings. The molecule has 3 nitrogen and oxygen atoms in total. The van der Waals surface area contributed by atoms with Gasteiger partial charge in [0, 0.05) is 31.8 Å². The maximum absolute atomic E-state index is 5.15. The third-order valence-corrected chi connectivity index (χ3v) is 3.02. The summed E-state index contributed by atoms with van der Waals surface area (Å²) >= 11 is 0. The van der Waals surface area contributed by atoms with Crippen molar-refractivity contribution in [1.29, 1.82) is 0 Å². The molecule has 0 aliphatic heterocycles. The molecule has 1 unspecified atom stereocenters. The van der Waals surface area contributed by atoms with Crippen LogP contribution >= 0.6 is 0 Å². The summed E-state index contributed by atoms with van der Waals surface area (Å²) in [6.07, 6.45) is 4.39. The van der Waals surface area contributed by atoms with Crippen molar-refractivity contribution < 1.29 is 4.74 Å². The first-order chi connectivity index (χ1) is 8.40. The molecule has 0 aromatic carbocycles. The molecule has 0 saturated carbocycles. The highest BCUT2D eigenvalue weighted by Crippen LogP contribution is 2.07. The van der Waals surface area contributed by atoms with Crippen LogP contribution in [0.5, 0.6) is 0 Å². The van der Waals surface area contributed by atoms with Gasteiger partial charge in [0.15, 0.2) is 0 Å². The lowest BCUT2D eigenvalue weighted by atomic mass is 10.1. The highest BCUT2D eigenvalue weighted by molar-refractivity contribution is 4.78. The Morgan fingerprint density at radius 3 is 2.56 bits per heavy atom. The second-order valence-corrected chi connectivity index (χ2v) is 5.94. The molecule has 0 aromatic heterocycles. The molecule has 1 N–H and O–H groups in total. The fraction of sp³-hybridized carbons (Fsp3) is 0.867. The predicted molar refractivity (Wildman–Crippen MR) is 80.1 cm³/mol. The number of methoxy groups -OCH3 is 1. The van der Waals surface area contributed by atoms with E-state index in [1.807, 2.05) is 6.08 Å². The zero-order valence-electron chi connectivity index (χ0n) is 13.0. The summed E-state index contributed by atoms with van der Waals surface area (Å²) < 4.78 is 5.15. The van der Waals surface area contributed by atoms with Gasteiger partial charge < -0.3 is 10.1 Å². The first kappa shape index (κ1) is 17.6. The molecule has 1 atom stereocenters. The van der Waals surface area contributed by atoms with Crippen molar-refractivity contribution in [2.45, 2.75) is 52.1 Å². The maximum atomic E-state index is 5.15. The molecule has 3 heteroatoms. The third kappa shape index (κ3) is 9.63. The van der Waals surface area contributed by atoms with Gasteiger partial charge >= 0.3 is 0 Å². The Bertz CT molecular complexity index is 211. The van der Waals surface area contributed by atoms with E-state index in [2.05, 4.69) is 44.5 Å². The topological polar surface area (TPSA) is 24.5 Å². The number of nitrogens with zero attached hydrogens (tertiary/aromatic N) is 1. The Morgan fingerprint density at radius 1 is 1.39 bits per heavy atom. The lowest BCUT2D eigenvalue weighted by Crippen LogP contribution is -2.38. The number of hydrogen-bond acceptors (Lipinski definition) is 3. The van der Waals surface area contributed by atoms with Gasteiger partial charge in [0.1, 0.15) is 0 Å². The molecular formula is C15H32N2O. The number of rotatable bonds is 10. The molecule has 0 heterocycles. The van der Waals surface area contributed by atoms with Crippen LogP contribution in [0.1, 0.15) is 40.5 Å².